The fraction of sp³-hybridized carbons (Fsp3) is 0.571. The van der Waals surface area contributed by atoms with Crippen LogP contribution in [0.15, 0.2) is 18.2 Å². The van der Waals surface area contributed by atoms with E-state index in [4.69, 9.17) is 9.47 Å². The maximum absolute atomic E-state index is 12.5. The van der Waals surface area contributed by atoms with Gasteiger partial charge in [0.15, 0.2) is 0 Å². The van der Waals surface area contributed by atoms with Gasteiger partial charge < -0.3 is 20.1 Å². The van der Waals surface area contributed by atoms with Gasteiger partial charge in [-0.2, -0.15) is 0 Å². The van der Waals surface area contributed by atoms with Crippen molar-refractivity contribution >= 4 is 29.3 Å². The summed E-state index contributed by atoms with van der Waals surface area (Å²) in [4.78, 5) is 47.4. The van der Waals surface area contributed by atoms with Crippen LogP contribution in [0.5, 0.6) is 0 Å². The molecular weight excluding hydrogens is 406 g/mol. The van der Waals surface area contributed by atoms with E-state index >= 15 is 0 Å². The molecule has 1 aromatic carbocycles. The number of nitro groups is 1. The molecule has 1 unspecified atom stereocenters. The predicted octanol–water partition coefficient (Wildman–Crippen LogP) is 3.86. The van der Waals surface area contributed by atoms with Gasteiger partial charge in [0.25, 0.3) is 5.69 Å². The Morgan fingerprint density at radius 2 is 1.65 bits per heavy atom. The van der Waals surface area contributed by atoms with Gasteiger partial charge in [-0.05, 0) is 67.0 Å². The van der Waals surface area contributed by atoms with Crippen LogP contribution >= 0.6 is 0 Å². The zero-order valence-corrected chi connectivity index (χ0v) is 19.0. The molecule has 0 aliphatic carbocycles. The smallest absolute Gasteiger partial charge is 0.329 e. The maximum atomic E-state index is 12.5. The second kappa shape index (κ2) is 10.2. The summed E-state index contributed by atoms with van der Waals surface area (Å²) >= 11 is 0. The molecule has 0 saturated heterocycles. The highest BCUT2D eigenvalue weighted by atomic mass is 16.6. The molecule has 31 heavy (non-hydrogen) atoms. The summed E-state index contributed by atoms with van der Waals surface area (Å²) in [7, 11) is 0. The van der Waals surface area contributed by atoms with E-state index in [0.717, 1.165) is 0 Å². The van der Waals surface area contributed by atoms with Gasteiger partial charge in [-0.25, -0.2) is 9.59 Å². The largest absolute Gasteiger partial charge is 0.460 e. The molecule has 0 aliphatic rings. The minimum Gasteiger partial charge on any atom is -0.460 e. The zero-order chi connectivity index (χ0) is 24.0. The van der Waals surface area contributed by atoms with Crippen LogP contribution in [0.3, 0.4) is 0 Å². The molecule has 172 valence electrons. The van der Waals surface area contributed by atoms with Gasteiger partial charge in [-0.1, -0.05) is 0 Å². The third kappa shape index (κ3) is 9.92. The maximum Gasteiger partial charge on any atom is 0.329 e. The van der Waals surface area contributed by atoms with E-state index in [1.165, 1.54) is 18.2 Å². The number of amides is 2. The summed E-state index contributed by atoms with van der Waals surface area (Å²) in [6, 6.07) is 2.30. The lowest BCUT2D eigenvalue weighted by Gasteiger charge is -2.25. The molecule has 0 aliphatic heterocycles. The van der Waals surface area contributed by atoms with Crippen molar-refractivity contribution in [3.63, 3.8) is 0 Å². The number of ether oxygens (including phenoxy) is 2. The van der Waals surface area contributed by atoms with E-state index in [0.29, 0.717) is 11.3 Å². The number of aryl methyl sites for hydroxylation is 1. The number of hydrogen-bond donors (Lipinski definition) is 2. The first-order chi connectivity index (χ1) is 14.1. The average molecular weight is 437 g/mol. The number of carbonyl (C=O) groups excluding carboxylic acids is 3. The van der Waals surface area contributed by atoms with Crippen molar-refractivity contribution in [1.29, 1.82) is 0 Å². The molecule has 0 spiro atoms. The fourth-order valence-corrected chi connectivity index (χ4v) is 2.54. The third-order valence-electron chi connectivity index (χ3n) is 3.71. The standard InChI is InChI=1S/C21H31N3O7/c1-13-12-14(8-10-16(13)24(28)29)22-19(27)23-15(18(26)31-21(5,6)7)9-11-17(25)30-20(2,3)4/h8,10,12,15H,9,11H2,1-7H3,(H2,22,23,27). The van der Waals surface area contributed by atoms with Gasteiger partial charge >= 0.3 is 18.0 Å². The highest BCUT2D eigenvalue weighted by Crippen LogP contribution is 2.21. The summed E-state index contributed by atoms with van der Waals surface area (Å²) < 4.78 is 10.6. The highest BCUT2D eigenvalue weighted by molar-refractivity contribution is 5.93. The normalized spacial score (nSPS) is 12.5. The van der Waals surface area contributed by atoms with Crippen LogP contribution in [0.25, 0.3) is 0 Å². The number of nitrogens with zero attached hydrogens (tertiary/aromatic N) is 1. The molecule has 1 atom stereocenters. The number of nitro benzene ring substituents is 1. The summed E-state index contributed by atoms with van der Waals surface area (Å²) in [5.74, 6) is -1.19. The number of carbonyl (C=O) groups is 3. The van der Waals surface area contributed by atoms with E-state index < -0.39 is 40.1 Å². The van der Waals surface area contributed by atoms with Crippen molar-refractivity contribution in [3.05, 3.63) is 33.9 Å². The van der Waals surface area contributed by atoms with Gasteiger partial charge in [-0.15, -0.1) is 0 Å². The number of esters is 2. The number of hydrogen-bond acceptors (Lipinski definition) is 7. The number of anilines is 1. The van der Waals surface area contributed by atoms with Crippen LogP contribution in [-0.2, 0) is 19.1 Å². The van der Waals surface area contributed by atoms with Gasteiger partial charge in [0.2, 0.25) is 0 Å². The van der Waals surface area contributed by atoms with Crippen molar-refractivity contribution in [3.8, 4) is 0 Å². The van der Waals surface area contributed by atoms with Crippen LogP contribution in [0, 0.1) is 17.0 Å². The van der Waals surface area contributed by atoms with Crippen LogP contribution in [-0.4, -0.2) is 40.1 Å². The van der Waals surface area contributed by atoms with Gasteiger partial charge in [0.05, 0.1) is 4.92 Å². The Balaban J connectivity index is 2.86. The van der Waals surface area contributed by atoms with Crippen LogP contribution in [0.4, 0.5) is 16.2 Å². The quantitative estimate of drug-likeness (QED) is 0.375. The second-order valence-corrected chi connectivity index (χ2v) is 9.07. The van der Waals surface area contributed by atoms with E-state index in [9.17, 15) is 24.5 Å². The molecule has 0 bridgehead atoms. The van der Waals surface area contributed by atoms with Crippen molar-refractivity contribution in [1.82, 2.24) is 5.32 Å². The Labute approximate surface area is 181 Å². The van der Waals surface area contributed by atoms with E-state index in [1.807, 2.05) is 0 Å². The van der Waals surface area contributed by atoms with Crippen LogP contribution < -0.4 is 10.6 Å². The topological polar surface area (TPSA) is 137 Å². The van der Waals surface area contributed by atoms with Gasteiger partial charge in [0.1, 0.15) is 17.2 Å². The van der Waals surface area contributed by atoms with Crippen molar-refractivity contribution < 1.29 is 28.8 Å². The molecule has 0 fully saturated rings. The molecular formula is C21H31N3O7. The van der Waals surface area contributed by atoms with Gasteiger partial charge in [-0.3, -0.25) is 14.9 Å². The lowest BCUT2D eigenvalue weighted by molar-refractivity contribution is -0.385. The molecule has 1 aromatic rings. The predicted molar refractivity (Wildman–Crippen MR) is 115 cm³/mol. The number of rotatable bonds is 7. The molecule has 2 N–H and O–H groups in total. The lowest BCUT2D eigenvalue weighted by Crippen LogP contribution is -2.46. The Morgan fingerprint density at radius 1 is 1.06 bits per heavy atom. The summed E-state index contributed by atoms with van der Waals surface area (Å²) in [5, 5.41) is 15.9. The third-order valence-corrected chi connectivity index (χ3v) is 3.71. The van der Waals surface area contributed by atoms with Crippen molar-refractivity contribution in [2.24, 2.45) is 0 Å². The minimum atomic E-state index is -1.09. The monoisotopic (exact) mass is 437 g/mol. The van der Waals surface area contributed by atoms with E-state index in [-0.39, 0.29) is 18.5 Å². The Hall–Kier alpha value is -3.17. The summed E-state index contributed by atoms with van der Waals surface area (Å²) in [6.45, 7) is 11.8. The molecule has 0 aromatic heterocycles. The molecule has 1 rings (SSSR count). The summed E-state index contributed by atoms with van der Waals surface area (Å²) in [5.41, 5.74) is -0.839. The van der Waals surface area contributed by atoms with E-state index in [2.05, 4.69) is 10.6 Å². The molecule has 2 amide bonds. The van der Waals surface area contributed by atoms with Crippen molar-refractivity contribution in [2.45, 2.75) is 78.6 Å². The first-order valence-electron chi connectivity index (χ1n) is 9.84. The first-order valence-corrected chi connectivity index (χ1v) is 9.84. The van der Waals surface area contributed by atoms with Crippen LogP contribution in [0.1, 0.15) is 59.9 Å². The molecule has 0 heterocycles. The number of benzene rings is 1. The summed E-state index contributed by atoms with van der Waals surface area (Å²) in [6.07, 6.45) is -0.116. The minimum absolute atomic E-state index is 0.0173. The highest BCUT2D eigenvalue weighted by Gasteiger charge is 2.28. The average Bonchev–Trinajstić information content (AvgIpc) is 2.55. The zero-order valence-electron chi connectivity index (χ0n) is 19.0. The molecule has 0 saturated carbocycles. The van der Waals surface area contributed by atoms with Crippen LogP contribution in [0.2, 0.25) is 0 Å². The van der Waals surface area contributed by atoms with Crippen molar-refractivity contribution in [2.75, 3.05) is 5.32 Å². The Kier molecular flexibility index (Phi) is 8.54. The fourth-order valence-electron chi connectivity index (χ4n) is 2.54. The lowest BCUT2D eigenvalue weighted by atomic mass is 10.1. The molecule has 10 nitrogen and oxygen atoms in total. The Morgan fingerprint density at radius 3 is 2.13 bits per heavy atom. The molecule has 10 heteroatoms. The second-order valence-electron chi connectivity index (χ2n) is 9.07. The molecule has 0 radical (unpaired) electrons. The first kappa shape index (κ1) is 25.9. The Bertz CT molecular complexity index is 838. The van der Waals surface area contributed by atoms with Gasteiger partial charge in [0, 0.05) is 23.7 Å². The number of nitrogens with one attached hydrogen (secondary N) is 2. The SMILES string of the molecule is Cc1cc(NC(=O)NC(CCC(=O)OC(C)(C)C)C(=O)OC(C)(C)C)ccc1[N+](=O)[O-]. The van der Waals surface area contributed by atoms with E-state index in [1.54, 1.807) is 48.5 Å². The number of urea groups is 1.